The standard InChI is InChI=1S/C18H23N3O2/c1-12-8-14(13(2)22)5-6-17(12)15-9-19-18(20-10-15)21-7-3-4-16(23)11-21/h5-6,8-10,13,16,22-23H,3-4,7,11H2,1-2H3/t13-,16?/m0/s1. The summed E-state index contributed by atoms with van der Waals surface area (Å²) in [5.41, 5.74) is 4.03. The SMILES string of the molecule is Cc1cc([C@H](C)O)ccc1-c1cnc(N2CCCC(O)C2)nc1. The van der Waals surface area contributed by atoms with E-state index in [1.807, 2.05) is 42.4 Å². The van der Waals surface area contributed by atoms with Crippen molar-refractivity contribution in [3.63, 3.8) is 0 Å². The van der Waals surface area contributed by atoms with E-state index in [1.54, 1.807) is 6.92 Å². The fourth-order valence-electron chi connectivity index (χ4n) is 3.03. The van der Waals surface area contributed by atoms with Gasteiger partial charge >= 0.3 is 0 Å². The number of piperidine rings is 1. The predicted octanol–water partition coefficient (Wildman–Crippen LogP) is 2.47. The zero-order valence-corrected chi connectivity index (χ0v) is 13.6. The highest BCUT2D eigenvalue weighted by molar-refractivity contribution is 5.66. The van der Waals surface area contributed by atoms with Crippen LogP contribution in [0.25, 0.3) is 11.1 Å². The van der Waals surface area contributed by atoms with E-state index in [0.717, 1.165) is 41.6 Å². The second kappa shape index (κ2) is 6.64. The Kier molecular flexibility index (Phi) is 4.59. The molecular formula is C18H23N3O2. The van der Waals surface area contributed by atoms with Gasteiger partial charge in [-0.25, -0.2) is 9.97 Å². The van der Waals surface area contributed by atoms with Gasteiger partial charge in [0.2, 0.25) is 5.95 Å². The number of benzene rings is 1. The Hall–Kier alpha value is -1.98. The van der Waals surface area contributed by atoms with Gasteiger partial charge in [0.15, 0.2) is 0 Å². The molecule has 122 valence electrons. The predicted molar refractivity (Wildman–Crippen MR) is 90.3 cm³/mol. The van der Waals surface area contributed by atoms with Crippen LogP contribution in [0, 0.1) is 6.92 Å². The maximum Gasteiger partial charge on any atom is 0.225 e. The lowest BCUT2D eigenvalue weighted by Crippen LogP contribution is -2.39. The number of hydrogen-bond acceptors (Lipinski definition) is 5. The molecule has 2 aromatic rings. The normalized spacial score (nSPS) is 19.7. The van der Waals surface area contributed by atoms with E-state index in [-0.39, 0.29) is 6.10 Å². The lowest BCUT2D eigenvalue weighted by Gasteiger charge is -2.29. The fourth-order valence-corrected chi connectivity index (χ4v) is 3.03. The summed E-state index contributed by atoms with van der Waals surface area (Å²) >= 11 is 0. The van der Waals surface area contributed by atoms with Crippen molar-refractivity contribution in [3.05, 3.63) is 41.7 Å². The number of rotatable bonds is 3. The smallest absolute Gasteiger partial charge is 0.225 e. The maximum absolute atomic E-state index is 9.76. The van der Waals surface area contributed by atoms with Crippen LogP contribution in [0.3, 0.4) is 0 Å². The first-order valence-corrected chi connectivity index (χ1v) is 8.08. The highest BCUT2D eigenvalue weighted by atomic mass is 16.3. The minimum absolute atomic E-state index is 0.290. The molecule has 0 amide bonds. The Morgan fingerprint density at radius 2 is 2.00 bits per heavy atom. The molecule has 0 saturated carbocycles. The van der Waals surface area contributed by atoms with E-state index >= 15 is 0 Å². The summed E-state index contributed by atoms with van der Waals surface area (Å²) < 4.78 is 0. The van der Waals surface area contributed by atoms with Gasteiger partial charge in [-0.1, -0.05) is 18.2 Å². The van der Waals surface area contributed by atoms with Crippen LogP contribution in [-0.2, 0) is 0 Å². The largest absolute Gasteiger partial charge is 0.391 e. The molecule has 1 aliphatic heterocycles. The summed E-state index contributed by atoms with van der Waals surface area (Å²) in [5, 5.41) is 19.4. The monoisotopic (exact) mass is 313 g/mol. The summed E-state index contributed by atoms with van der Waals surface area (Å²) in [6.45, 7) is 5.27. The number of nitrogens with zero attached hydrogens (tertiary/aromatic N) is 3. The Morgan fingerprint density at radius 3 is 2.61 bits per heavy atom. The van der Waals surface area contributed by atoms with Crippen molar-refractivity contribution < 1.29 is 10.2 Å². The molecule has 1 fully saturated rings. The van der Waals surface area contributed by atoms with Crippen LogP contribution in [0.1, 0.15) is 37.0 Å². The molecular weight excluding hydrogens is 290 g/mol. The zero-order chi connectivity index (χ0) is 16.4. The Morgan fingerprint density at radius 1 is 1.26 bits per heavy atom. The molecule has 2 N–H and O–H groups in total. The van der Waals surface area contributed by atoms with Crippen LogP contribution in [0.15, 0.2) is 30.6 Å². The molecule has 0 aliphatic carbocycles. The third-order valence-corrected chi connectivity index (χ3v) is 4.36. The van der Waals surface area contributed by atoms with E-state index < -0.39 is 6.10 Å². The molecule has 1 aromatic heterocycles. The quantitative estimate of drug-likeness (QED) is 0.911. The number of aliphatic hydroxyl groups excluding tert-OH is 2. The Labute approximate surface area is 136 Å². The van der Waals surface area contributed by atoms with Gasteiger partial charge in [-0.15, -0.1) is 0 Å². The van der Waals surface area contributed by atoms with Crippen LogP contribution in [0.5, 0.6) is 0 Å². The summed E-state index contributed by atoms with van der Waals surface area (Å²) in [6, 6.07) is 5.93. The second-order valence-electron chi connectivity index (χ2n) is 6.26. The number of aryl methyl sites for hydroxylation is 1. The molecule has 0 bridgehead atoms. The molecule has 1 aromatic carbocycles. The zero-order valence-electron chi connectivity index (χ0n) is 13.6. The average Bonchev–Trinajstić information content (AvgIpc) is 2.55. The summed E-state index contributed by atoms with van der Waals surface area (Å²) in [7, 11) is 0. The number of aliphatic hydroxyl groups is 2. The molecule has 1 unspecified atom stereocenters. The van der Waals surface area contributed by atoms with Crippen molar-refractivity contribution in [1.29, 1.82) is 0 Å². The van der Waals surface area contributed by atoms with Crippen molar-refractivity contribution in [1.82, 2.24) is 9.97 Å². The highest BCUT2D eigenvalue weighted by Crippen LogP contribution is 2.26. The Bertz CT molecular complexity index is 670. The molecule has 5 nitrogen and oxygen atoms in total. The molecule has 3 rings (SSSR count). The molecule has 2 atom stereocenters. The first-order chi connectivity index (χ1) is 11.0. The number of anilines is 1. The minimum atomic E-state index is -0.466. The topological polar surface area (TPSA) is 69.5 Å². The fraction of sp³-hybridized carbons (Fsp3) is 0.444. The minimum Gasteiger partial charge on any atom is -0.391 e. The van der Waals surface area contributed by atoms with Crippen LogP contribution < -0.4 is 4.90 Å². The van der Waals surface area contributed by atoms with E-state index in [9.17, 15) is 10.2 Å². The van der Waals surface area contributed by atoms with Crippen molar-refractivity contribution in [2.24, 2.45) is 0 Å². The van der Waals surface area contributed by atoms with Gasteiger partial charge in [0, 0.05) is 31.0 Å². The third-order valence-electron chi connectivity index (χ3n) is 4.36. The Balaban J connectivity index is 1.82. The van der Waals surface area contributed by atoms with Crippen LogP contribution >= 0.6 is 0 Å². The van der Waals surface area contributed by atoms with Gasteiger partial charge in [0.05, 0.1) is 12.2 Å². The summed E-state index contributed by atoms with van der Waals surface area (Å²) in [5.74, 6) is 0.672. The number of aromatic nitrogens is 2. The van der Waals surface area contributed by atoms with E-state index in [4.69, 9.17) is 0 Å². The second-order valence-corrected chi connectivity index (χ2v) is 6.26. The average molecular weight is 313 g/mol. The maximum atomic E-state index is 9.76. The summed E-state index contributed by atoms with van der Waals surface area (Å²) in [4.78, 5) is 11.0. The van der Waals surface area contributed by atoms with Crippen molar-refractivity contribution in [3.8, 4) is 11.1 Å². The molecule has 2 heterocycles. The number of β-amino-alcohol motifs (C(OH)–C–C–N with tert-alkyl or cyclic N) is 1. The first-order valence-electron chi connectivity index (χ1n) is 8.08. The van der Waals surface area contributed by atoms with E-state index in [1.165, 1.54) is 0 Å². The van der Waals surface area contributed by atoms with Gasteiger partial charge in [0.25, 0.3) is 0 Å². The highest BCUT2D eigenvalue weighted by Gasteiger charge is 2.19. The summed E-state index contributed by atoms with van der Waals surface area (Å²) in [6.07, 6.45) is 4.71. The van der Waals surface area contributed by atoms with Gasteiger partial charge < -0.3 is 15.1 Å². The molecule has 1 aliphatic rings. The van der Waals surface area contributed by atoms with Crippen LogP contribution in [0.2, 0.25) is 0 Å². The van der Waals surface area contributed by atoms with Gasteiger partial charge in [-0.2, -0.15) is 0 Å². The molecule has 0 spiro atoms. The lowest BCUT2D eigenvalue weighted by atomic mass is 9.99. The van der Waals surface area contributed by atoms with Crippen molar-refractivity contribution in [2.45, 2.75) is 38.9 Å². The lowest BCUT2D eigenvalue weighted by molar-refractivity contribution is 0.153. The van der Waals surface area contributed by atoms with E-state index in [2.05, 4.69) is 9.97 Å². The van der Waals surface area contributed by atoms with Gasteiger partial charge in [0.1, 0.15) is 0 Å². The van der Waals surface area contributed by atoms with Gasteiger partial charge in [-0.3, -0.25) is 0 Å². The third kappa shape index (κ3) is 3.51. The molecule has 23 heavy (non-hydrogen) atoms. The van der Waals surface area contributed by atoms with Crippen LogP contribution in [0.4, 0.5) is 5.95 Å². The molecule has 1 saturated heterocycles. The molecule has 5 heteroatoms. The van der Waals surface area contributed by atoms with E-state index in [0.29, 0.717) is 12.5 Å². The van der Waals surface area contributed by atoms with Gasteiger partial charge in [-0.05, 0) is 43.4 Å². The van der Waals surface area contributed by atoms with Crippen molar-refractivity contribution >= 4 is 5.95 Å². The molecule has 0 radical (unpaired) electrons. The number of hydrogen-bond donors (Lipinski definition) is 2. The van der Waals surface area contributed by atoms with Crippen molar-refractivity contribution in [2.75, 3.05) is 18.0 Å². The van der Waals surface area contributed by atoms with Crippen LogP contribution in [-0.4, -0.2) is 39.4 Å². The first kappa shape index (κ1) is 15.9.